The third-order valence-corrected chi connectivity index (χ3v) is 7.16. The van der Waals surface area contributed by atoms with Gasteiger partial charge in [-0.05, 0) is 73.6 Å². The molecule has 4 rings (SSSR count). The summed E-state index contributed by atoms with van der Waals surface area (Å²) in [6, 6.07) is 13.7. The first-order valence-corrected chi connectivity index (χ1v) is 12.6. The molecule has 0 amide bonds. The molecule has 0 unspecified atom stereocenters. The van der Waals surface area contributed by atoms with Crippen molar-refractivity contribution in [3.8, 4) is 16.9 Å². The largest absolute Gasteiger partial charge is 0.490 e. The van der Waals surface area contributed by atoms with Gasteiger partial charge in [0.2, 0.25) is 5.82 Å². The number of ether oxygens (including phenoxy) is 1. The Hall–Kier alpha value is -2.82. The van der Waals surface area contributed by atoms with Gasteiger partial charge in [-0.2, -0.15) is 4.39 Å². The molecule has 1 aliphatic carbocycles. The summed E-state index contributed by atoms with van der Waals surface area (Å²) in [7, 11) is 0. The Morgan fingerprint density at radius 1 is 0.686 bits per heavy atom. The first-order valence-electron chi connectivity index (χ1n) is 12.6. The average molecular weight is 485 g/mol. The Morgan fingerprint density at radius 3 is 1.86 bits per heavy atom. The maximum absolute atomic E-state index is 15.0. The topological polar surface area (TPSA) is 9.23 Å². The fourth-order valence-corrected chi connectivity index (χ4v) is 5.06. The molecule has 1 nitrogen and oxygen atoms in total. The van der Waals surface area contributed by atoms with Crippen LogP contribution in [0.3, 0.4) is 0 Å². The fraction of sp³-hybridized carbons (Fsp3) is 0.400. The number of rotatable bonds is 8. The van der Waals surface area contributed by atoms with Crippen LogP contribution in [-0.2, 0) is 0 Å². The van der Waals surface area contributed by atoms with Crippen LogP contribution in [0, 0.1) is 30.2 Å². The summed E-state index contributed by atoms with van der Waals surface area (Å²) in [6.07, 6.45) is 5.13. The van der Waals surface area contributed by atoms with Crippen LogP contribution in [0.5, 0.6) is 5.75 Å². The van der Waals surface area contributed by atoms with E-state index in [0.717, 1.165) is 24.8 Å². The second-order valence-electron chi connectivity index (χ2n) is 9.58. The van der Waals surface area contributed by atoms with Gasteiger partial charge in [0, 0.05) is 5.56 Å². The first kappa shape index (κ1) is 25.3. The molecule has 0 aliphatic heterocycles. The maximum Gasteiger partial charge on any atom is 0.200 e. The van der Waals surface area contributed by atoms with E-state index < -0.39 is 23.3 Å². The molecule has 1 fully saturated rings. The number of aryl methyl sites for hydroxylation is 1. The van der Waals surface area contributed by atoms with Crippen LogP contribution in [-0.4, -0.2) is 6.61 Å². The third kappa shape index (κ3) is 5.55. The molecule has 0 heterocycles. The Morgan fingerprint density at radius 2 is 1.26 bits per heavy atom. The van der Waals surface area contributed by atoms with Crippen LogP contribution in [0.2, 0.25) is 0 Å². The smallest absolute Gasteiger partial charge is 0.200 e. The standard InChI is InChI=1S/C30H32F4O/c1-3-4-5-18-35-26-17-16-25(29(33)30(26)34)22-12-10-21(11-13-22)24-15-14-23(27(31)28(24)32)20-8-6-19(2)7-9-20/h6-9,14-17,21-22H,3-5,10-13,18H2,1-2H3. The molecular weight excluding hydrogens is 452 g/mol. The number of benzene rings is 3. The second kappa shape index (κ2) is 11.3. The highest BCUT2D eigenvalue weighted by Crippen LogP contribution is 2.43. The Bertz CT molecular complexity index is 1150. The van der Waals surface area contributed by atoms with E-state index in [1.165, 1.54) is 6.07 Å². The summed E-state index contributed by atoms with van der Waals surface area (Å²) in [4.78, 5) is 0. The minimum atomic E-state index is -0.944. The number of unbranched alkanes of at least 4 members (excludes halogenated alkanes) is 2. The van der Waals surface area contributed by atoms with Gasteiger partial charge in [0.1, 0.15) is 0 Å². The molecule has 3 aromatic carbocycles. The minimum Gasteiger partial charge on any atom is -0.490 e. The monoisotopic (exact) mass is 484 g/mol. The molecule has 1 aliphatic rings. The molecule has 0 saturated heterocycles. The van der Waals surface area contributed by atoms with E-state index in [1.54, 1.807) is 30.3 Å². The van der Waals surface area contributed by atoms with E-state index in [1.807, 2.05) is 19.1 Å². The van der Waals surface area contributed by atoms with Gasteiger partial charge in [-0.15, -0.1) is 0 Å². The lowest BCUT2D eigenvalue weighted by molar-refractivity contribution is 0.284. The van der Waals surface area contributed by atoms with Gasteiger partial charge in [0.15, 0.2) is 23.2 Å². The Kier molecular flexibility index (Phi) is 8.15. The van der Waals surface area contributed by atoms with Crippen molar-refractivity contribution in [3.63, 3.8) is 0 Å². The predicted molar refractivity (Wildman–Crippen MR) is 132 cm³/mol. The van der Waals surface area contributed by atoms with E-state index in [-0.39, 0.29) is 23.1 Å². The van der Waals surface area contributed by atoms with E-state index in [9.17, 15) is 13.2 Å². The van der Waals surface area contributed by atoms with Crippen LogP contribution >= 0.6 is 0 Å². The summed E-state index contributed by atoms with van der Waals surface area (Å²) in [6.45, 7) is 4.37. The van der Waals surface area contributed by atoms with E-state index in [2.05, 4.69) is 6.92 Å². The van der Waals surface area contributed by atoms with Crippen molar-refractivity contribution in [2.45, 2.75) is 70.6 Å². The predicted octanol–water partition coefficient (Wildman–Crippen LogP) is 9.23. The van der Waals surface area contributed by atoms with Gasteiger partial charge in [-0.25, -0.2) is 13.2 Å². The van der Waals surface area contributed by atoms with E-state index >= 15 is 4.39 Å². The van der Waals surface area contributed by atoms with Crippen molar-refractivity contribution >= 4 is 0 Å². The van der Waals surface area contributed by atoms with Gasteiger partial charge in [0.25, 0.3) is 0 Å². The van der Waals surface area contributed by atoms with E-state index in [0.29, 0.717) is 49.0 Å². The fourth-order valence-electron chi connectivity index (χ4n) is 5.06. The lowest BCUT2D eigenvalue weighted by atomic mass is 9.75. The number of hydrogen-bond acceptors (Lipinski definition) is 1. The molecule has 1 saturated carbocycles. The molecule has 0 bridgehead atoms. The molecule has 0 atom stereocenters. The molecule has 0 aromatic heterocycles. The normalized spacial score (nSPS) is 18.0. The van der Waals surface area contributed by atoms with Gasteiger partial charge in [0.05, 0.1) is 6.61 Å². The molecular formula is C30H32F4O. The number of halogens is 4. The zero-order chi connectivity index (χ0) is 24.9. The lowest BCUT2D eigenvalue weighted by Gasteiger charge is -2.30. The molecule has 5 heteroatoms. The quantitative estimate of drug-likeness (QED) is 0.229. The van der Waals surface area contributed by atoms with Crippen LogP contribution < -0.4 is 4.74 Å². The van der Waals surface area contributed by atoms with Crippen molar-refractivity contribution in [2.24, 2.45) is 0 Å². The molecule has 0 N–H and O–H groups in total. The highest BCUT2D eigenvalue weighted by molar-refractivity contribution is 5.65. The lowest BCUT2D eigenvalue weighted by Crippen LogP contribution is -2.15. The van der Waals surface area contributed by atoms with Crippen LogP contribution in [0.4, 0.5) is 17.6 Å². The summed E-state index contributed by atoms with van der Waals surface area (Å²) in [5.74, 6) is -3.81. The van der Waals surface area contributed by atoms with Crippen molar-refractivity contribution in [2.75, 3.05) is 6.61 Å². The third-order valence-electron chi connectivity index (χ3n) is 7.16. The first-order chi connectivity index (χ1) is 16.9. The number of hydrogen-bond donors (Lipinski definition) is 0. The van der Waals surface area contributed by atoms with Gasteiger partial charge in [-0.1, -0.05) is 67.8 Å². The van der Waals surface area contributed by atoms with Gasteiger partial charge >= 0.3 is 0 Å². The highest BCUT2D eigenvalue weighted by Gasteiger charge is 2.29. The summed E-state index contributed by atoms with van der Waals surface area (Å²) in [5.41, 5.74) is 2.63. The minimum absolute atomic E-state index is 0.0535. The second-order valence-corrected chi connectivity index (χ2v) is 9.58. The Labute approximate surface area is 205 Å². The molecule has 3 aromatic rings. The molecule has 35 heavy (non-hydrogen) atoms. The maximum atomic E-state index is 15.0. The van der Waals surface area contributed by atoms with E-state index in [4.69, 9.17) is 4.74 Å². The Balaban J connectivity index is 1.44. The van der Waals surface area contributed by atoms with Crippen molar-refractivity contribution in [1.82, 2.24) is 0 Å². The van der Waals surface area contributed by atoms with Crippen LogP contribution in [0.25, 0.3) is 11.1 Å². The molecule has 186 valence electrons. The van der Waals surface area contributed by atoms with Gasteiger partial charge < -0.3 is 4.74 Å². The SMILES string of the molecule is CCCCCOc1ccc(C2CCC(c3ccc(-c4ccc(C)cc4)c(F)c3F)CC2)c(F)c1F. The average Bonchev–Trinajstić information content (AvgIpc) is 2.87. The molecule has 0 radical (unpaired) electrons. The summed E-state index contributed by atoms with van der Waals surface area (Å²) in [5, 5.41) is 0. The van der Waals surface area contributed by atoms with Crippen LogP contribution in [0.1, 0.15) is 80.4 Å². The van der Waals surface area contributed by atoms with Crippen molar-refractivity contribution < 1.29 is 22.3 Å². The van der Waals surface area contributed by atoms with Gasteiger partial charge in [-0.3, -0.25) is 0 Å². The summed E-state index contributed by atoms with van der Waals surface area (Å²) >= 11 is 0. The zero-order valence-electron chi connectivity index (χ0n) is 20.4. The molecule has 0 spiro atoms. The van der Waals surface area contributed by atoms with Crippen molar-refractivity contribution in [3.05, 3.63) is 88.5 Å². The highest BCUT2D eigenvalue weighted by atomic mass is 19.2. The van der Waals surface area contributed by atoms with Crippen molar-refractivity contribution in [1.29, 1.82) is 0 Å². The zero-order valence-corrected chi connectivity index (χ0v) is 20.4. The van der Waals surface area contributed by atoms with Crippen LogP contribution in [0.15, 0.2) is 48.5 Å². The summed E-state index contributed by atoms with van der Waals surface area (Å²) < 4.78 is 64.8.